The Morgan fingerprint density at radius 1 is 1.30 bits per heavy atom. The van der Waals surface area contributed by atoms with Crippen LogP contribution in [0.15, 0.2) is 30.3 Å². The minimum Gasteiger partial charge on any atom is -0.481 e. The first kappa shape index (κ1) is 13.9. The zero-order chi connectivity index (χ0) is 14.5. The van der Waals surface area contributed by atoms with Crippen molar-refractivity contribution in [3.63, 3.8) is 0 Å². The topological polar surface area (TPSA) is 105 Å². The van der Waals surface area contributed by atoms with E-state index in [4.69, 9.17) is 9.84 Å². The van der Waals surface area contributed by atoms with E-state index in [0.29, 0.717) is 0 Å². The Bertz CT molecular complexity index is 517. The lowest BCUT2D eigenvalue weighted by atomic mass is 9.96. The van der Waals surface area contributed by atoms with Crippen LogP contribution in [0.25, 0.3) is 0 Å². The van der Waals surface area contributed by atoms with Crippen molar-refractivity contribution >= 4 is 18.0 Å². The monoisotopic (exact) mass is 278 g/mol. The molecular weight excluding hydrogens is 264 g/mol. The maximum Gasteiger partial charge on any atom is 0.408 e. The standard InChI is InChI=1S/C13H14N2O5/c16-10(17)6-9-11(12(18)14-9)15-13(19)20-7-8-4-2-1-3-5-8/h1-5,9,11H,6-7H2,(H,14,18)(H,15,19)(H,16,17)/t9-,11+/m1/s1. The fourth-order valence-electron chi connectivity index (χ4n) is 1.86. The van der Waals surface area contributed by atoms with Crippen molar-refractivity contribution < 1.29 is 24.2 Å². The van der Waals surface area contributed by atoms with Crippen molar-refractivity contribution in [1.82, 2.24) is 10.6 Å². The number of carboxylic acid groups (broad SMARTS) is 1. The molecule has 1 aliphatic heterocycles. The molecule has 1 aliphatic rings. The molecule has 1 aromatic rings. The number of aliphatic carboxylic acids is 1. The van der Waals surface area contributed by atoms with Gasteiger partial charge in [-0.05, 0) is 5.56 Å². The number of nitrogens with one attached hydrogen (secondary N) is 2. The molecule has 0 unspecified atom stereocenters. The van der Waals surface area contributed by atoms with Gasteiger partial charge in [0.25, 0.3) is 0 Å². The number of rotatable bonds is 5. The van der Waals surface area contributed by atoms with Gasteiger partial charge in [0.1, 0.15) is 12.6 Å². The fourth-order valence-corrected chi connectivity index (χ4v) is 1.86. The summed E-state index contributed by atoms with van der Waals surface area (Å²) in [5, 5.41) is 13.4. The molecule has 2 rings (SSSR count). The number of β-lactam (4-membered cyclic amide) rings is 1. The van der Waals surface area contributed by atoms with Crippen LogP contribution in [0.5, 0.6) is 0 Å². The van der Waals surface area contributed by atoms with E-state index < -0.39 is 30.1 Å². The number of hydrogen-bond acceptors (Lipinski definition) is 4. The first-order valence-corrected chi connectivity index (χ1v) is 6.05. The molecule has 3 N–H and O–H groups in total. The Morgan fingerprint density at radius 2 is 2.00 bits per heavy atom. The number of hydrogen-bond donors (Lipinski definition) is 3. The van der Waals surface area contributed by atoms with E-state index >= 15 is 0 Å². The van der Waals surface area contributed by atoms with E-state index in [0.717, 1.165) is 5.56 Å². The molecule has 1 saturated heterocycles. The average Bonchev–Trinajstić information content (AvgIpc) is 2.43. The third kappa shape index (κ3) is 3.47. The van der Waals surface area contributed by atoms with Crippen LogP contribution in [0.1, 0.15) is 12.0 Å². The van der Waals surface area contributed by atoms with Crippen molar-refractivity contribution in [2.75, 3.05) is 0 Å². The van der Waals surface area contributed by atoms with Crippen LogP contribution in [-0.4, -0.2) is 35.2 Å². The summed E-state index contributed by atoms with van der Waals surface area (Å²) in [5.74, 6) is -1.45. The minimum absolute atomic E-state index is 0.0879. The summed E-state index contributed by atoms with van der Waals surface area (Å²) in [4.78, 5) is 33.3. The Labute approximate surface area is 114 Å². The van der Waals surface area contributed by atoms with Crippen LogP contribution >= 0.6 is 0 Å². The number of carbonyl (C=O) groups excluding carboxylic acids is 2. The lowest BCUT2D eigenvalue weighted by molar-refractivity contribution is -0.140. The summed E-state index contributed by atoms with van der Waals surface area (Å²) in [5.41, 5.74) is 0.822. The van der Waals surface area contributed by atoms with Gasteiger partial charge < -0.3 is 20.5 Å². The predicted molar refractivity (Wildman–Crippen MR) is 67.7 cm³/mol. The van der Waals surface area contributed by atoms with E-state index in [-0.39, 0.29) is 13.0 Å². The molecule has 1 heterocycles. The molecule has 7 nitrogen and oxygen atoms in total. The molecule has 1 aromatic carbocycles. The van der Waals surface area contributed by atoms with Gasteiger partial charge in [-0.1, -0.05) is 30.3 Å². The van der Waals surface area contributed by atoms with Gasteiger partial charge in [-0.3, -0.25) is 9.59 Å². The quantitative estimate of drug-likeness (QED) is 0.670. The van der Waals surface area contributed by atoms with E-state index in [1.54, 1.807) is 12.1 Å². The molecule has 0 aromatic heterocycles. The summed E-state index contributed by atoms with van der Waals surface area (Å²) in [6.07, 6.45) is -0.987. The molecule has 7 heteroatoms. The number of amides is 2. The summed E-state index contributed by atoms with van der Waals surface area (Å²) in [7, 11) is 0. The molecular formula is C13H14N2O5. The van der Waals surface area contributed by atoms with Crippen LogP contribution in [0, 0.1) is 0 Å². The Kier molecular flexibility index (Phi) is 4.19. The van der Waals surface area contributed by atoms with Crippen LogP contribution in [0.3, 0.4) is 0 Å². The van der Waals surface area contributed by atoms with Crippen molar-refractivity contribution in [2.45, 2.75) is 25.1 Å². The lowest BCUT2D eigenvalue weighted by Crippen LogP contribution is -2.69. The van der Waals surface area contributed by atoms with Gasteiger partial charge in [-0.25, -0.2) is 4.79 Å². The zero-order valence-electron chi connectivity index (χ0n) is 10.5. The smallest absolute Gasteiger partial charge is 0.408 e. The van der Waals surface area contributed by atoms with E-state index in [9.17, 15) is 14.4 Å². The highest BCUT2D eigenvalue weighted by Crippen LogP contribution is 2.11. The largest absolute Gasteiger partial charge is 0.481 e. The molecule has 0 spiro atoms. The number of alkyl carbamates (subject to hydrolysis) is 1. The van der Waals surface area contributed by atoms with Crippen LogP contribution in [-0.2, 0) is 20.9 Å². The minimum atomic E-state index is -1.04. The molecule has 2 amide bonds. The van der Waals surface area contributed by atoms with Gasteiger partial charge in [-0.15, -0.1) is 0 Å². The summed E-state index contributed by atoms with van der Waals surface area (Å²) in [6.45, 7) is 0.0879. The molecule has 0 bridgehead atoms. The van der Waals surface area contributed by atoms with Gasteiger partial charge in [0.05, 0.1) is 12.5 Å². The summed E-state index contributed by atoms with van der Waals surface area (Å²) in [6, 6.07) is 7.64. The number of carbonyl (C=O) groups is 3. The SMILES string of the molecule is O=C(O)C[C@H]1NC(=O)[C@H]1NC(=O)OCc1ccccc1. The molecule has 0 radical (unpaired) electrons. The van der Waals surface area contributed by atoms with Crippen LogP contribution in [0.2, 0.25) is 0 Å². The third-order valence-electron chi connectivity index (χ3n) is 2.89. The second kappa shape index (κ2) is 6.05. The lowest BCUT2D eigenvalue weighted by Gasteiger charge is -2.35. The van der Waals surface area contributed by atoms with E-state index in [2.05, 4.69) is 10.6 Å². The zero-order valence-corrected chi connectivity index (χ0v) is 10.5. The van der Waals surface area contributed by atoms with Crippen molar-refractivity contribution in [1.29, 1.82) is 0 Å². The van der Waals surface area contributed by atoms with Crippen LogP contribution < -0.4 is 10.6 Å². The normalized spacial score (nSPS) is 20.5. The summed E-state index contributed by atoms with van der Waals surface area (Å²) >= 11 is 0. The van der Waals surface area contributed by atoms with Gasteiger partial charge >= 0.3 is 12.1 Å². The van der Waals surface area contributed by atoms with Crippen molar-refractivity contribution in [3.8, 4) is 0 Å². The maximum absolute atomic E-state index is 11.5. The molecule has 0 saturated carbocycles. The third-order valence-corrected chi connectivity index (χ3v) is 2.89. The molecule has 2 atom stereocenters. The predicted octanol–water partition coefficient (Wildman–Crippen LogP) is 0.254. The number of benzene rings is 1. The summed E-state index contributed by atoms with van der Waals surface area (Å²) < 4.78 is 4.96. The maximum atomic E-state index is 11.5. The second-order valence-electron chi connectivity index (χ2n) is 4.40. The first-order chi connectivity index (χ1) is 9.56. The van der Waals surface area contributed by atoms with E-state index in [1.807, 2.05) is 18.2 Å². The van der Waals surface area contributed by atoms with Crippen LogP contribution in [0.4, 0.5) is 4.79 Å². The Balaban J connectivity index is 1.79. The Morgan fingerprint density at radius 3 is 2.60 bits per heavy atom. The molecule has 106 valence electrons. The molecule has 1 fully saturated rings. The van der Waals surface area contributed by atoms with Gasteiger partial charge in [0, 0.05) is 0 Å². The number of ether oxygens (including phenoxy) is 1. The first-order valence-electron chi connectivity index (χ1n) is 6.05. The molecule has 20 heavy (non-hydrogen) atoms. The Hall–Kier alpha value is -2.57. The van der Waals surface area contributed by atoms with Crippen molar-refractivity contribution in [3.05, 3.63) is 35.9 Å². The fraction of sp³-hybridized carbons (Fsp3) is 0.308. The second-order valence-corrected chi connectivity index (χ2v) is 4.40. The average molecular weight is 278 g/mol. The van der Waals surface area contributed by atoms with Gasteiger partial charge in [0.2, 0.25) is 5.91 Å². The molecule has 0 aliphatic carbocycles. The highest BCUT2D eigenvalue weighted by molar-refractivity contribution is 5.93. The van der Waals surface area contributed by atoms with Gasteiger partial charge in [0.15, 0.2) is 0 Å². The van der Waals surface area contributed by atoms with Gasteiger partial charge in [-0.2, -0.15) is 0 Å². The number of carboxylic acids is 1. The highest BCUT2D eigenvalue weighted by Gasteiger charge is 2.41. The van der Waals surface area contributed by atoms with Crippen molar-refractivity contribution in [2.24, 2.45) is 0 Å². The van der Waals surface area contributed by atoms with E-state index in [1.165, 1.54) is 0 Å². The highest BCUT2D eigenvalue weighted by atomic mass is 16.5.